The van der Waals surface area contributed by atoms with Crippen LogP contribution in [0.4, 0.5) is 0 Å². The second-order valence-corrected chi connectivity index (χ2v) is 5.70. The van der Waals surface area contributed by atoms with Crippen LogP contribution in [0.1, 0.15) is 48.0 Å². The van der Waals surface area contributed by atoms with Crippen LogP contribution in [0.2, 0.25) is 0 Å². The molecule has 6 heteroatoms. The molecule has 2 amide bonds. The van der Waals surface area contributed by atoms with E-state index >= 15 is 0 Å². The van der Waals surface area contributed by atoms with Crippen molar-refractivity contribution >= 4 is 11.8 Å². The minimum absolute atomic E-state index is 0.0160. The average Bonchev–Trinajstić information content (AvgIpc) is 2.54. The number of amides is 2. The Labute approximate surface area is 135 Å². The van der Waals surface area contributed by atoms with Gasteiger partial charge < -0.3 is 15.8 Å². The highest BCUT2D eigenvalue weighted by Crippen LogP contribution is 2.27. The SMILES string of the molecule is COCC(=O)NC1(C#Cc2cncc(C(N)=O)c2)CCCCC1. The summed E-state index contributed by atoms with van der Waals surface area (Å²) in [7, 11) is 1.49. The van der Waals surface area contributed by atoms with Crippen molar-refractivity contribution in [1.82, 2.24) is 10.3 Å². The lowest BCUT2D eigenvalue weighted by Gasteiger charge is -2.33. The first-order chi connectivity index (χ1) is 11.0. The monoisotopic (exact) mass is 315 g/mol. The molecule has 0 atom stereocenters. The maximum Gasteiger partial charge on any atom is 0.250 e. The molecule has 122 valence electrons. The van der Waals surface area contributed by atoms with E-state index in [0.717, 1.165) is 32.1 Å². The zero-order chi connectivity index (χ0) is 16.7. The second-order valence-electron chi connectivity index (χ2n) is 5.70. The maximum atomic E-state index is 11.9. The molecule has 1 aromatic rings. The number of nitrogens with one attached hydrogen (secondary N) is 1. The topological polar surface area (TPSA) is 94.3 Å². The number of hydrogen-bond donors (Lipinski definition) is 2. The minimum atomic E-state index is -0.545. The van der Waals surface area contributed by atoms with E-state index in [-0.39, 0.29) is 12.5 Å². The minimum Gasteiger partial charge on any atom is -0.375 e. The number of nitrogens with zero attached hydrogens (tertiary/aromatic N) is 1. The Kier molecular flexibility index (Phi) is 5.72. The van der Waals surface area contributed by atoms with Gasteiger partial charge in [-0.15, -0.1) is 0 Å². The van der Waals surface area contributed by atoms with Gasteiger partial charge in [0.1, 0.15) is 12.1 Å². The summed E-state index contributed by atoms with van der Waals surface area (Å²) in [6.07, 6.45) is 7.76. The molecule has 1 fully saturated rings. The molecule has 1 aliphatic carbocycles. The van der Waals surface area contributed by atoms with Crippen LogP contribution >= 0.6 is 0 Å². The summed E-state index contributed by atoms with van der Waals surface area (Å²) in [6, 6.07) is 1.61. The first kappa shape index (κ1) is 17.0. The number of carbonyl (C=O) groups excluding carboxylic acids is 2. The first-order valence-electron chi connectivity index (χ1n) is 7.63. The van der Waals surface area contributed by atoms with E-state index in [1.54, 1.807) is 12.3 Å². The predicted molar refractivity (Wildman–Crippen MR) is 85.5 cm³/mol. The van der Waals surface area contributed by atoms with Gasteiger partial charge in [-0.3, -0.25) is 14.6 Å². The van der Waals surface area contributed by atoms with Crippen LogP contribution in [-0.2, 0) is 9.53 Å². The molecule has 1 heterocycles. The van der Waals surface area contributed by atoms with E-state index in [2.05, 4.69) is 22.1 Å². The molecule has 3 N–H and O–H groups in total. The van der Waals surface area contributed by atoms with Crippen LogP contribution < -0.4 is 11.1 Å². The van der Waals surface area contributed by atoms with Gasteiger partial charge in [0, 0.05) is 25.1 Å². The summed E-state index contributed by atoms with van der Waals surface area (Å²) < 4.78 is 4.87. The standard InChI is InChI=1S/C17H21N3O3/c1-23-12-15(21)20-17(6-3-2-4-7-17)8-5-13-9-14(16(18)22)11-19-10-13/h9-11H,2-4,6-7,12H2,1H3,(H2,18,22)(H,20,21). The number of nitrogens with two attached hydrogens (primary N) is 1. The van der Waals surface area contributed by atoms with E-state index in [4.69, 9.17) is 10.5 Å². The van der Waals surface area contributed by atoms with Crippen molar-refractivity contribution in [2.24, 2.45) is 5.73 Å². The number of primary amides is 1. The van der Waals surface area contributed by atoms with Gasteiger partial charge in [-0.1, -0.05) is 31.1 Å². The fraction of sp³-hybridized carbons (Fsp3) is 0.471. The first-order valence-corrected chi connectivity index (χ1v) is 7.63. The summed E-state index contributed by atoms with van der Waals surface area (Å²) in [4.78, 5) is 27.1. The zero-order valence-electron chi connectivity index (χ0n) is 13.2. The van der Waals surface area contributed by atoms with E-state index in [1.807, 2.05) is 0 Å². The van der Waals surface area contributed by atoms with Gasteiger partial charge in [-0.05, 0) is 18.9 Å². The van der Waals surface area contributed by atoms with Crippen LogP contribution in [0.5, 0.6) is 0 Å². The summed E-state index contributed by atoms with van der Waals surface area (Å²) in [5, 5.41) is 2.99. The molecule has 1 aromatic heterocycles. The highest BCUT2D eigenvalue weighted by atomic mass is 16.5. The lowest BCUT2D eigenvalue weighted by atomic mass is 9.82. The van der Waals surface area contributed by atoms with Crippen molar-refractivity contribution in [2.75, 3.05) is 13.7 Å². The molecule has 1 aliphatic rings. The smallest absolute Gasteiger partial charge is 0.250 e. The predicted octanol–water partition coefficient (Wildman–Crippen LogP) is 0.997. The van der Waals surface area contributed by atoms with Crippen LogP contribution in [0.15, 0.2) is 18.5 Å². The van der Waals surface area contributed by atoms with Crippen molar-refractivity contribution in [3.63, 3.8) is 0 Å². The van der Waals surface area contributed by atoms with Crippen molar-refractivity contribution in [1.29, 1.82) is 0 Å². The van der Waals surface area contributed by atoms with Crippen LogP contribution in [0.25, 0.3) is 0 Å². The summed E-state index contributed by atoms with van der Waals surface area (Å²) in [6.45, 7) is 0.0160. The molecule has 0 radical (unpaired) electrons. The van der Waals surface area contributed by atoms with Crippen LogP contribution in [-0.4, -0.2) is 36.1 Å². The summed E-state index contributed by atoms with van der Waals surface area (Å²) in [5.74, 6) is 5.49. The van der Waals surface area contributed by atoms with Crippen molar-refractivity contribution in [2.45, 2.75) is 37.6 Å². The van der Waals surface area contributed by atoms with Gasteiger partial charge in [0.2, 0.25) is 11.8 Å². The third-order valence-electron chi connectivity index (χ3n) is 3.83. The molecule has 0 saturated heterocycles. The molecule has 0 unspecified atom stereocenters. The third kappa shape index (κ3) is 4.80. The van der Waals surface area contributed by atoms with E-state index in [9.17, 15) is 9.59 Å². The lowest BCUT2D eigenvalue weighted by Crippen LogP contribution is -2.49. The molecule has 0 spiro atoms. The van der Waals surface area contributed by atoms with Gasteiger partial charge in [-0.2, -0.15) is 0 Å². The molecular weight excluding hydrogens is 294 g/mol. The van der Waals surface area contributed by atoms with E-state index in [0.29, 0.717) is 11.1 Å². The van der Waals surface area contributed by atoms with Gasteiger partial charge in [-0.25, -0.2) is 0 Å². The Morgan fingerprint density at radius 2 is 2.09 bits per heavy atom. The average molecular weight is 315 g/mol. The summed E-state index contributed by atoms with van der Waals surface area (Å²) >= 11 is 0. The normalized spacial score (nSPS) is 16.0. The van der Waals surface area contributed by atoms with Gasteiger partial charge in [0.15, 0.2) is 0 Å². The number of ether oxygens (including phenoxy) is 1. The van der Waals surface area contributed by atoms with Gasteiger partial charge >= 0.3 is 0 Å². The van der Waals surface area contributed by atoms with E-state index in [1.165, 1.54) is 13.3 Å². The summed E-state index contributed by atoms with van der Waals surface area (Å²) in [5.41, 5.74) is 5.63. The second kappa shape index (κ2) is 7.75. The van der Waals surface area contributed by atoms with Crippen molar-refractivity contribution in [3.05, 3.63) is 29.6 Å². The Morgan fingerprint density at radius 1 is 1.35 bits per heavy atom. The molecule has 0 aromatic carbocycles. The van der Waals surface area contributed by atoms with Crippen LogP contribution in [0.3, 0.4) is 0 Å². The molecule has 0 aliphatic heterocycles. The molecule has 1 saturated carbocycles. The fourth-order valence-corrected chi connectivity index (χ4v) is 2.71. The lowest BCUT2D eigenvalue weighted by molar-refractivity contribution is -0.126. The number of hydrogen-bond acceptors (Lipinski definition) is 4. The molecule has 2 rings (SSSR count). The zero-order valence-corrected chi connectivity index (χ0v) is 13.2. The Bertz CT molecular complexity index is 640. The van der Waals surface area contributed by atoms with Crippen molar-refractivity contribution in [3.8, 4) is 11.8 Å². The number of rotatable bonds is 4. The molecule has 0 bridgehead atoms. The van der Waals surface area contributed by atoms with Crippen molar-refractivity contribution < 1.29 is 14.3 Å². The van der Waals surface area contributed by atoms with Crippen LogP contribution in [0, 0.1) is 11.8 Å². The Hall–Kier alpha value is -2.39. The largest absolute Gasteiger partial charge is 0.375 e. The Balaban J connectivity index is 2.23. The molecule has 6 nitrogen and oxygen atoms in total. The van der Waals surface area contributed by atoms with Gasteiger partial charge in [0.05, 0.1) is 5.56 Å². The van der Waals surface area contributed by atoms with Gasteiger partial charge in [0.25, 0.3) is 0 Å². The number of pyridine rings is 1. The third-order valence-corrected chi connectivity index (χ3v) is 3.83. The molecular formula is C17H21N3O3. The number of methoxy groups -OCH3 is 1. The highest BCUT2D eigenvalue weighted by Gasteiger charge is 2.31. The highest BCUT2D eigenvalue weighted by molar-refractivity contribution is 5.92. The molecule has 23 heavy (non-hydrogen) atoms. The Morgan fingerprint density at radius 3 is 2.74 bits per heavy atom. The fourth-order valence-electron chi connectivity index (χ4n) is 2.71. The number of carbonyl (C=O) groups is 2. The van der Waals surface area contributed by atoms with E-state index < -0.39 is 11.4 Å². The quantitative estimate of drug-likeness (QED) is 0.810. The maximum absolute atomic E-state index is 11.9. The number of aromatic nitrogens is 1.